The van der Waals surface area contributed by atoms with Crippen molar-refractivity contribution >= 4 is 0 Å². The summed E-state index contributed by atoms with van der Waals surface area (Å²) in [5.41, 5.74) is 0.777. The largest absolute Gasteiger partial charge is 0.310 e. The highest BCUT2D eigenvalue weighted by Crippen LogP contribution is 2.60. The Balaban J connectivity index is 1.84. The van der Waals surface area contributed by atoms with Gasteiger partial charge in [0.15, 0.2) is 0 Å². The molecular formula is C16H21F2N. The summed E-state index contributed by atoms with van der Waals surface area (Å²) in [5.74, 6) is 1.17. The molecule has 3 unspecified atom stereocenters. The highest BCUT2D eigenvalue weighted by Gasteiger charge is 2.54. The molecule has 0 spiro atoms. The highest BCUT2D eigenvalue weighted by molar-refractivity contribution is 5.25. The fraction of sp³-hybridized carbons (Fsp3) is 0.625. The van der Waals surface area contributed by atoms with Crippen LogP contribution < -0.4 is 5.32 Å². The molecule has 3 rings (SSSR count). The molecule has 1 N–H and O–H groups in total. The van der Waals surface area contributed by atoms with E-state index in [4.69, 9.17) is 0 Å². The molecule has 19 heavy (non-hydrogen) atoms. The summed E-state index contributed by atoms with van der Waals surface area (Å²) in [6, 6.07) is 4.04. The van der Waals surface area contributed by atoms with E-state index >= 15 is 0 Å². The van der Waals surface area contributed by atoms with Crippen LogP contribution in [0.5, 0.6) is 0 Å². The SMILES string of the molecule is CCNC(c1cc(F)cc(F)c1)C1C2CCCCC21. The van der Waals surface area contributed by atoms with Gasteiger partial charge in [-0.15, -0.1) is 0 Å². The molecule has 0 radical (unpaired) electrons. The van der Waals surface area contributed by atoms with Gasteiger partial charge in [-0.05, 0) is 54.8 Å². The average molecular weight is 265 g/mol. The normalized spacial score (nSPS) is 30.8. The molecule has 0 aromatic heterocycles. The molecule has 2 fully saturated rings. The Labute approximate surface area is 113 Å². The molecule has 1 aromatic carbocycles. The first-order chi connectivity index (χ1) is 9.20. The summed E-state index contributed by atoms with van der Waals surface area (Å²) in [4.78, 5) is 0. The lowest BCUT2D eigenvalue weighted by molar-refractivity contribution is 0.450. The van der Waals surface area contributed by atoms with E-state index in [0.717, 1.165) is 30.0 Å². The van der Waals surface area contributed by atoms with Gasteiger partial charge in [0.05, 0.1) is 0 Å². The smallest absolute Gasteiger partial charge is 0.126 e. The van der Waals surface area contributed by atoms with E-state index in [-0.39, 0.29) is 6.04 Å². The van der Waals surface area contributed by atoms with Crippen LogP contribution in [0.1, 0.15) is 44.2 Å². The van der Waals surface area contributed by atoms with Crippen LogP contribution in [0.25, 0.3) is 0 Å². The first kappa shape index (κ1) is 13.0. The predicted octanol–water partition coefficient (Wildman–Crippen LogP) is 4.05. The van der Waals surface area contributed by atoms with E-state index in [1.165, 1.54) is 37.8 Å². The van der Waals surface area contributed by atoms with Crippen molar-refractivity contribution in [3.05, 3.63) is 35.4 Å². The van der Waals surface area contributed by atoms with E-state index in [1.54, 1.807) is 0 Å². The van der Waals surface area contributed by atoms with Crippen molar-refractivity contribution in [2.24, 2.45) is 17.8 Å². The minimum absolute atomic E-state index is 0.114. The van der Waals surface area contributed by atoms with Gasteiger partial charge in [-0.3, -0.25) is 0 Å². The fourth-order valence-corrected chi connectivity index (χ4v) is 3.99. The van der Waals surface area contributed by atoms with Gasteiger partial charge < -0.3 is 5.32 Å². The van der Waals surface area contributed by atoms with Crippen LogP contribution in [-0.4, -0.2) is 6.54 Å². The average Bonchev–Trinajstić information content (AvgIpc) is 3.09. The van der Waals surface area contributed by atoms with Crippen molar-refractivity contribution in [2.75, 3.05) is 6.54 Å². The van der Waals surface area contributed by atoms with Crippen LogP contribution in [0, 0.1) is 29.4 Å². The number of nitrogens with one attached hydrogen (secondary N) is 1. The second kappa shape index (κ2) is 5.20. The number of rotatable bonds is 4. The van der Waals surface area contributed by atoms with Gasteiger partial charge in [0.2, 0.25) is 0 Å². The summed E-state index contributed by atoms with van der Waals surface area (Å²) in [6.45, 7) is 2.88. The number of fused-ring (bicyclic) bond motifs is 1. The molecule has 2 saturated carbocycles. The maximum absolute atomic E-state index is 13.4. The molecule has 3 heteroatoms. The number of hydrogen-bond donors (Lipinski definition) is 1. The van der Waals surface area contributed by atoms with Crippen LogP contribution in [-0.2, 0) is 0 Å². The first-order valence-electron chi connectivity index (χ1n) is 7.40. The molecule has 2 aliphatic rings. The van der Waals surface area contributed by atoms with Crippen molar-refractivity contribution in [1.82, 2.24) is 5.32 Å². The number of benzene rings is 1. The van der Waals surface area contributed by atoms with Gasteiger partial charge in [0.25, 0.3) is 0 Å². The van der Waals surface area contributed by atoms with Crippen molar-refractivity contribution in [1.29, 1.82) is 0 Å². The molecule has 3 atom stereocenters. The Bertz CT molecular complexity index is 428. The predicted molar refractivity (Wildman–Crippen MR) is 71.7 cm³/mol. The van der Waals surface area contributed by atoms with E-state index < -0.39 is 11.6 Å². The van der Waals surface area contributed by atoms with Crippen molar-refractivity contribution in [3.8, 4) is 0 Å². The summed E-state index contributed by atoms with van der Waals surface area (Å²) < 4.78 is 26.8. The molecule has 1 nitrogen and oxygen atoms in total. The van der Waals surface area contributed by atoms with Gasteiger partial charge in [-0.25, -0.2) is 8.78 Å². The van der Waals surface area contributed by atoms with Crippen LogP contribution >= 0.6 is 0 Å². The second-order valence-electron chi connectivity index (χ2n) is 5.93. The molecule has 2 aliphatic carbocycles. The monoisotopic (exact) mass is 265 g/mol. The maximum atomic E-state index is 13.4. The molecule has 0 amide bonds. The molecule has 1 aromatic rings. The molecular weight excluding hydrogens is 244 g/mol. The molecule has 0 bridgehead atoms. The number of hydrogen-bond acceptors (Lipinski definition) is 1. The zero-order valence-electron chi connectivity index (χ0n) is 11.3. The van der Waals surface area contributed by atoms with Crippen molar-refractivity contribution in [3.63, 3.8) is 0 Å². The summed E-state index contributed by atoms with van der Waals surface area (Å²) in [7, 11) is 0. The minimum Gasteiger partial charge on any atom is -0.310 e. The van der Waals surface area contributed by atoms with Crippen molar-refractivity contribution in [2.45, 2.75) is 38.6 Å². The minimum atomic E-state index is -0.471. The third kappa shape index (κ3) is 2.53. The third-order valence-electron chi connectivity index (χ3n) is 4.78. The molecule has 0 aliphatic heterocycles. The van der Waals surface area contributed by atoms with Gasteiger partial charge >= 0.3 is 0 Å². The third-order valence-corrected chi connectivity index (χ3v) is 4.78. The number of halogens is 2. The zero-order valence-corrected chi connectivity index (χ0v) is 11.3. The summed E-state index contributed by atoms with van der Waals surface area (Å²) >= 11 is 0. The molecule has 0 heterocycles. The van der Waals surface area contributed by atoms with Crippen LogP contribution in [0.2, 0.25) is 0 Å². The Kier molecular flexibility index (Phi) is 3.57. The lowest BCUT2D eigenvalue weighted by Gasteiger charge is -2.19. The molecule has 0 saturated heterocycles. The lowest BCUT2D eigenvalue weighted by atomic mass is 9.99. The van der Waals surface area contributed by atoms with E-state index in [9.17, 15) is 8.78 Å². The second-order valence-corrected chi connectivity index (χ2v) is 5.93. The van der Waals surface area contributed by atoms with E-state index in [0.29, 0.717) is 5.92 Å². The zero-order chi connectivity index (χ0) is 13.4. The summed E-state index contributed by atoms with van der Waals surface area (Å²) in [6.07, 6.45) is 5.20. The van der Waals surface area contributed by atoms with Crippen LogP contribution in [0.4, 0.5) is 8.78 Å². The fourth-order valence-electron chi connectivity index (χ4n) is 3.99. The van der Waals surface area contributed by atoms with Gasteiger partial charge in [-0.2, -0.15) is 0 Å². The topological polar surface area (TPSA) is 12.0 Å². The van der Waals surface area contributed by atoms with Crippen LogP contribution in [0.15, 0.2) is 18.2 Å². The maximum Gasteiger partial charge on any atom is 0.126 e. The Hall–Kier alpha value is -0.960. The quantitative estimate of drug-likeness (QED) is 0.866. The lowest BCUT2D eigenvalue weighted by Crippen LogP contribution is -2.24. The van der Waals surface area contributed by atoms with E-state index in [1.807, 2.05) is 0 Å². The van der Waals surface area contributed by atoms with Gasteiger partial charge in [0, 0.05) is 12.1 Å². The standard InChI is InChI=1S/C16H21F2N/c1-2-19-16(10-7-11(17)9-12(18)8-10)15-13-5-3-4-6-14(13)15/h7-9,13-16,19H,2-6H2,1H3. The van der Waals surface area contributed by atoms with Gasteiger partial charge in [0.1, 0.15) is 11.6 Å². The first-order valence-corrected chi connectivity index (χ1v) is 7.40. The Morgan fingerprint density at radius 3 is 2.21 bits per heavy atom. The van der Waals surface area contributed by atoms with E-state index in [2.05, 4.69) is 12.2 Å². The Morgan fingerprint density at radius 2 is 1.68 bits per heavy atom. The van der Waals surface area contributed by atoms with Gasteiger partial charge in [-0.1, -0.05) is 19.8 Å². The summed E-state index contributed by atoms with van der Waals surface area (Å²) in [5, 5.41) is 3.44. The molecule has 104 valence electrons. The highest BCUT2D eigenvalue weighted by atomic mass is 19.1. The van der Waals surface area contributed by atoms with Crippen molar-refractivity contribution < 1.29 is 8.78 Å². The Morgan fingerprint density at radius 1 is 1.11 bits per heavy atom. The van der Waals surface area contributed by atoms with Crippen LogP contribution in [0.3, 0.4) is 0 Å².